The number of ketones is 1. The molecule has 1 aliphatic rings. The molecule has 0 aromatic rings. The van der Waals surface area contributed by atoms with E-state index < -0.39 is 6.17 Å². The second kappa shape index (κ2) is 5.25. The molecule has 0 aliphatic carbocycles. The molecule has 0 radical (unpaired) electrons. The zero-order valence-corrected chi connectivity index (χ0v) is 8.30. The summed E-state index contributed by atoms with van der Waals surface area (Å²) in [6.07, 6.45) is -0.426. The molecule has 0 amide bonds. The van der Waals surface area contributed by atoms with E-state index in [-0.39, 0.29) is 11.8 Å². The smallest absolute Gasteiger partial charge is 0.146 e. The third kappa shape index (κ3) is 2.89. The average molecular weight is 175 g/mol. The lowest BCUT2D eigenvalue weighted by molar-refractivity contribution is -0.120. The van der Waals surface area contributed by atoms with Crippen LogP contribution in [-0.4, -0.2) is 36.5 Å². The first kappa shape index (κ1) is 11.6. The Labute approximate surface area is 73.7 Å². The Morgan fingerprint density at radius 2 is 2.00 bits per heavy atom. The molecule has 0 bridgehead atoms. The first-order chi connectivity index (χ1) is 5.61. The van der Waals surface area contributed by atoms with Gasteiger partial charge in [0.15, 0.2) is 0 Å². The van der Waals surface area contributed by atoms with Crippen molar-refractivity contribution in [3.63, 3.8) is 0 Å². The van der Waals surface area contributed by atoms with Gasteiger partial charge in [-0.25, -0.2) is 4.39 Å². The van der Waals surface area contributed by atoms with E-state index in [1.165, 1.54) is 6.92 Å². The zero-order valence-electron chi connectivity index (χ0n) is 8.30. The van der Waals surface area contributed by atoms with Crippen LogP contribution in [0.5, 0.6) is 0 Å². The van der Waals surface area contributed by atoms with Gasteiger partial charge in [0.25, 0.3) is 0 Å². The van der Waals surface area contributed by atoms with Crippen molar-refractivity contribution in [2.24, 2.45) is 0 Å². The van der Waals surface area contributed by atoms with Crippen molar-refractivity contribution in [3.05, 3.63) is 0 Å². The van der Waals surface area contributed by atoms with Crippen LogP contribution in [-0.2, 0) is 4.79 Å². The molecule has 72 valence electrons. The van der Waals surface area contributed by atoms with E-state index in [1.54, 1.807) is 11.9 Å². The number of halogens is 1. The lowest BCUT2D eigenvalue weighted by atomic mass is 10.1. The molecule has 0 saturated carbocycles. The summed E-state index contributed by atoms with van der Waals surface area (Å²) in [6, 6.07) is -0.171. The monoisotopic (exact) mass is 175 g/mol. The summed E-state index contributed by atoms with van der Waals surface area (Å²) in [5.41, 5.74) is 0. The van der Waals surface area contributed by atoms with Crippen LogP contribution in [0.4, 0.5) is 4.39 Å². The molecule has 2 nitrogen and oxygen atoms in total. The highest BCUT2D eigenvalue weighted by Gasteiger charge is 2.31. The van der Waals surface area contributed by atoms with Gasteiger partial charge in [0.2, 0.25) is 0 Å². The molecule has 0 aromatic heterocycles. The van der Waals surface area contributed by atoms with E-state index >= 15 is 0 Å². The highest BCUT2D eigenvalue weighted by atomic mass is 19.1. The van der Waals surface area contributed by atoms with Gasteiger partial charge in [0.1, 0.15) is 12.0 Å². The molecule has 1 saturated heterocycles. The summed E-state index contributed by atoms with van der Waals surface area (Å²) < 4.78 is 12.6. The zero-order chi connectivity index (χ0) is 9.72. The third-order valence-corrected chi connectivity index (χ3v) is 1.97. The summed E-state index contributed by atoms with van der Waals surface area (Å²) in [6.45, 7) is 5.92. The highest BCUT2D eigenvalue weighted by Crippen LogP contribution is 2.18. The van der Waals surface area contributed by atoms with Crippen molar-refractivity contribution in [1.82, 2.24) is 4.90 Å². The normalized spacial score (nSPS) is 29.4. The lowest BCUT2D eigenvalue weighted by Crippen LogP contribution is -2.30. The van der Waals surface area contributed by atoms with E-state index in [0.29, 0.717) is 13.0 Å². The molecule has 0 spiro atoms. The van der Waals surface area contributed by atoms with Crippen molar-refractivity contribution in [2.45, 2.75) is 39.4 Å². The Bertz CT molecular complexity index is 149. The number of rotatable bonds is 1. The minimum absolute atomic E-state index is 0.0719. The number of hydrogen-bond acceptors (Lipinski definition) is 2. The number of Topliss-reactive ketones (excluding diaryl/α,β-unsaturated/α-hetero) is 1. The van der Waals surface area contributed by atoms with Gasteiger partial charge >= 0.3 is 0 Å². The topological polar surface area (TPSA) is 20.3 Å². The first-order valence-electron chi connectivity index (χ1n) is 4.46. The third-order valence-electron chi connectivity index (χ3n) is 1.97. The second-order valence-electron chi connectivity index (χ2n) is 2.90. The maximum absolute atomic E-state index is 12.6. The van der Waals surface area contributed by atoms with Gasteiger partial charge in [-0.05, 0) is 14.0 Å². The molecule has 1 fully saturated rings. The van der Waals surface area contributed by atoms with Crippen molar-refractivity contribution in [3.8, 4) is 0 Å². The standard InChI is InChI=1S/C7H12FNO.C2H6/c1-5(10)7-3-6(8)4-9(7)2;1-2/h6-7H,3-4H2,1-2H3;1-2H3. The van der Waals surface area contributed by atoms with Crippen LogP contribution < -0.4 is 0 Å². The average Bonchev–Trinajstić information content (AvgIpc) is 2.34. The predicted molar refractivity (Wildman–Crippen MR) is 48.0 cm³/mol. The maximum Gasteiger partial charge on any atom is 0.146 e. The number of hydrogen-bond donors (Lipinski definition) is 0. The summed E-state index contributed by atoms with van der Waals surface area (Å²) in [4.78, 5) is 12.6. The van der Waals surface area contributed by atoms with Crippen molar-refractivity contribution in [2.75, 3.05) is 13.6 Å². The van der Waals surface area contributed by atoms with Gasteiger partial charge in [0.05, 0.1) is 6.04 Å². The van der Waals surface area contributed by atoms with Crippen LogP contribution in [0, 0.1) is 0 Å². The van der Waals surface area contributed by atoms with Gasteiger partial charge in [0, 0.05) is 13.0 Å². The molecule has 2 atom stereocenters. The highest BCUT2D eigenvalue weighted by molar-refractivity contribution is 5.81. The van der Waals surface area contributed by atoms with Crippen LogP contribution in [0.25, 0.3) is 0 Å². The number of nitrogens with zero attached hydrogens (tertiary/aromatic N) is 1. The molecule has 1 aliphatic heterocycles. The molecular weight excluding hydrogens is 157 g/mol. The molecule has 0 aromatic carbocycles. The number of likely N-dealkylation sites (tertiary alicyclic amines) is 1. The summed E-state index contributed by atoms with van der Waals surface area (Å²) in [5.74, 6) is 0.0719. The van der Waals surface area contributed by atoms with Crippen LogP contribution in [0.2, 0.25) is 0 Å². The fourth-order valence-corrected chi connectivity index (χ4v) is 1.41. The maximum atomic E-state index is 12.6. The molecule has 12 heavy (non-hydrogen) atoms. The van der Waals surface area contributed by atoms with Crippen LogP contribution in [0.1, 0.15) is 27.2 Å². The lowest BCUT2D eigenvalue weighted by Gasteiger charge is -2.14. The largest absolute Gasteiger partial charge is 0.298 e. The van der Waals surface area contributed by atoms with E-state index in [2.05, 4.69) is 0 Å². The fraction of sp³-hybridized carbons (Fsp3) is 0.889. The van der Waals surface area contributed by atoms with Crippen molar-refractivity contribution < 1.29 is 9.18 Å². The van der Waals surface area contributed by atoms with E-state index in [0.717, 1.165) is 0 Å². The number of carbonyl (C=O) groups is 1. The van der Waals surface area contributed by atoms with Gasteiger partial charge in [-0.2, -0.15) is 0 Å². The Kier molecular flexibility index (Phi) is 5.06. The van der Waals surface area contributed by atoms with Crippen molar-refractivity contribution in [1.29, 1.82) is 0 Å². The Morgan fingerprint density at radius 3 is 2.17 bits per heavy atom. The summed E-state index contributed by atoms with van der Waals surface area (Å²) in [5, 5.41) is 0. The minimum Gasteiger partial charge on any atom is -0.298 e. The molecular formula is C9H18FNO. The Hall–Kier alpha value is -0.440. The summed E-state index contributed by atoms with van der Waals surface area (Å²) in [7, 11) is 1.78. The molecule has 3 heteroatoms. The van der Waals surface area contributed by atoms with Gasteiger partial charge in [-0.3, -0.25) is 9.69 Å². The predicted octanol–water partition coefficient (Wildman–Crippen LogP) is 1.64. The number of carbonyl (C=O) groups excluding carboxylic acids is 1. The number of alkyl halides is 1. The first-order valence-corrected chi connectivity index (χ1v) is 4.46. The van der Waals surface area contributed by atoms with Gasteiger partial charge in [-0.1, -0.05) is 13.8 Å². The summed E-state index contributed by atoms with van der Waals surface area (Å²) >= 11 is 0. The molecule has 1 heterocycles. The second-order valence-corrected chi connectivity index (χ2v) is 2.90. The van der Waals surface area contributed by atoms with Crippen molar-refractivity contribution >= 4 is 5.78 Å². The Morgan fingerprint density at radius 1 is 1.50 bits per heavy atom. The van der Waals surface area contributed by atoms with Gasteiger partial charge in [-0.15, -0.1) is 0 Å². The van der Waals surface area contributed by atoms with E-state index in [9.17, 15) is 9.18 Å². The Balaban J connectivity index is 0.000000561. The van der Waals surface area contributed by atoms with Crippen LogP contribution in [0.3, 0.4) is 0 Å². The minimum atomic E-state index is -0.807. The van der Waals surface area contributed by atoms with Crippen LogP contribution >= 0.6 is 0 Å². The molecule has 2 unspecified atom stereocenters. The fourth-order valence-electron chi connectivity index (χ4n) is 1.41. The molecule has 0 N–H and O–H groups in total. The van der Waals surface area contributed by atoms with Crippen LogP contribution in [0.15, 0.2) is 0 Å². The van der Waals surface area contributed by atoms with E-state index in [1.807, 2.05) is 13.8 Å². The van der Waals surface area contributed by atoms with E-state index in [4.69, 9.17) is 0 Å². The quantitative estimate of drug-likeness (QED) is 0.604. The molecule has 1 rings (SSSR count). The number of likely N-dealkylation sites (N-methyl/N-ethyl adjacent to an activating group) is 1. The van der Waals surface area contributed by atoms with Gasteiger partial charge < -0.3 is 0 Å². The SMILES string of the molecule is CC.CC(=O)C1CC(F)CN1C.